The van der Waals surface area contributed by atoms with Crippen molar-refractivity contribution in [3.8, 4) is 11.1 Å². The van der Waals surface area contributed by atoms with Gasteiger partial charge in [0.05, 0.1) is 38.8 Å². The summed E-state index contributed by atoms with van der Waals surface area (Å²) in [5.41, 5.74) is 2.08. The van der Waals surface area contributed by atoms with Crippen LogP contribution >= 0.6 is 11.3 Å². The third kappa shape index (κ3) is 4.59. The second-order valence-corrected chi connectivity index (χ2v) is 7.85. The van der Waals surface area contributed by atoms with Gasteiger partial charge in [-0.05, 0) is 5.56 Å². The van der Waals surface area contributed by atoms with Gasteiger partial charge >= 0.3 is 5.97 Å². The van der Waals surface area contributed by atoms with Gasteiger partial charge in [-0.3, -0.25) is 4.90 Å². The zero-order valence-electron chi connectivity index (χ0n) is 16.7. The van der Waals surface area contributed by atoms with Crippen molar-refractivity contribution in [3.63, 3.8) is 0 Å². The topological polar surface area (TPSA) is 96.8 Å². The number of esters is 1. The van der Waals surface area contributed by atoms with Crippen LogP contribution in [0.3, 0.4) is 0 Å². The van der Waals surface area contributed by atoms with E-state index in [9.17, 15) is 9.90 Å². The predicted octanol–water partition coefficient (Wildman–Crippen LogP) is 2.14. The minimum Gasteiger partial charge on any atom is -0.467 e. The zero-order chi connectivity index (χ0) is 20.9. The Morgan fingerprint density at radius 1 is 1.30 bits per heavy atom. The normalized spacial score (nSPS) is 15.8. The van der Waals surface area contributed by atoms with Crippen molar-refractivity contribution in [2.24, 2.45) is 0 Å². The number of nitrogens with zero attached hydrogens (tertiary/aromatic N) is 3. The van der Waals surface area contributed by atoms with Gasteiger partial charge in [0.25, 0.3) is 0 Å². The molecule has 1 atom stereocenters. The van der Waals surface area contributed by atoms with Crippen LogP contribution in [0.2, 0.25) is 0 Å². The summed E-state index contributed by atoms with van der Waals surface area (Å²) in [7, 11) is 1.25. The van der Waals surface area contributed by atoms with E-state index in [0.29, 0.717) is 31.4 Å². The van der Waals surface area contributed by atoms with Crippen LogP contribution in [-0.2, 0) is 20.8 Å². The van der Waals surface area contributed by atoms with Crippen molar-refractivity contribution in [2.75, 3.05) is 45.3 Å². The maximum atomic E-state index is 11.6. The number of hydrogen-bond acceptors (Lipinski definition) is 9. The third-order valence-electron chi connectivity index (χ3n) is 4.97. The zero-order valence-corrected chi connectivity index (χ0v) is 17.5. The number of ether oxygens (including phenoxy) is 2. The molecule has 3 aromatic rings. The summed E-state index contributed by atoms with van der Waals surface area (Å²) in [6.07, 6.45) is -1.28. The minimum absolute atomic E-state index is 0.000142. The molecule has 0 aliphatic carbocycles. The molecule has 1 aromatic carbocycles. The number of methoxy groups -OCH3 is 1. The molecular formula is C21H24N4O4S. The Balaban J connectivity index is 1.69. The SMILES string of the molecule is COC(=O)[C@H](O)CNc1nc(CN2CCOCC2)nc2scc(-c3ccccc3)c12. The number of aliphatic hydroxyl groups excluding tert-OH is 1. The highest BCUT2D eigenvalue weighted by Gasteiger charge is 2.20. The van der Waals surface area contributed by atoms with E-state index in [4.69, 9.17) is 14.7 Å². The molecule has 0 amide bonds. The summed E-state index contributed by atoms with van der Waals surface area (Å²) in [4.78, 5) is 24.3. The van der Waals surface area contributed by atoms with Crippen molar-refractivity contribution in [1.29, 1.82) is 0 Å². The average Bonchev–Trinajstić information content (AvgIpc) is 3.22. The van der Waals surface area contributed by atoms with Crippen LogP contribution in [0.5, 0.6) is 0 Å². The lowest BCUT2D eigenvalue weighted by molar-refractivity contribution is -0.149. The standard InChI is InChI=1S/C21H24N4O4S/c1-28-21(27)16(26)11-22-19-18-15(14-5-3-2-4-6-14)13-30-20(18)24-17(23-19)12-25-7-9-29-10-8-25/h2-6,13,16,26H,7-12H2,1H3,(H,22,23,24)/t16-/m1/s1. The molecule has 1 aliphatic heterocycles. The molecule has 0 bridgehead atoms. The van der Waals surface area contributed by atoms with Crippen molar-refractivity contribution in [2.45, 2.75) is 12.6 Å². The number of anilines is 1. The van der Waals surface area contributed by atoms with Crippen LogP contribution in [0.1, 0.15) is 5.82 Å². The number of rotatable bonds is 7. The number of carbonyl (C=O) groups excluding carboxylic acids is 1. The lowest BCUT2D eigenvalue weighted by Gasteiger charge is -2.26. The monoisotopic (exact) mass is 428 g/mol. The Hall–Kier alpha value is -2.59. The second-order valence-electron chi connectivity index (χ2n) is 6.99. The van der Waals surface area contributed by atoms with E-state index < -0.39 is 12.1 Å². The van der Waals surface area contributed by atoms with Gasteiger partial charge in [-0.15, -0.1) is 11.3 Å². The summed E-state index contributed by atoms with van der Waals surface area (Å²) in [6, 6.07) is 10.0. The summed E-state index contributed by atoms with van der Waals surface area (Å²) < 4.78 is 10.0. The van der Waals surface area contributed by atoms with Gasteiger partial charge in [-0.1, -0.05) is 30.3 Å². The fraction of sp³-hybridized carbons (Fsp3) is 0.381. The van der Waals surface area contributed by atoms with E-state index in [0.717, 1.165) is 34.4 Å². The molecule has 158 valence electrons. The maximum absolute atomic E-state index is 11.6. The molecule has 0 radical (unpaired) electrons. The molecule has 2 aromatic heterocycles. The molecule has 2 N–H and O–H groups in total. The van der Waals surface area contributed by atoms with Gasteiger partial charge in [0, 0.05) is 24.0 Å². The van der Waals surface area contributed by atoms with Gasteiger partial charge in [-0.2, -0.15) is 0 Å². The molecule has 1 saturated heterocycles. The van der Waals surface area contributed by atoms with Gasteiger partial charge in [0.2, 0.25) is 0 Å². The lowest BCUT2D eigenvalue weighted by atomic mass is 10.1. The van der Waals surface area contributed by atoms with Gasteiger partial charge in [0.1, 0.15) is 16.5 Å². The first-order valence-electron chi connectivity index (χ1n) is 9.79. The molecule has 1 aliphatic rings. The molecule has 9 heteroatoms. The molecule has 3 heterocycles. The van der Waals surface area contributed by atoms with Crippen LogP contribution in [0.4, 0.5) is 5.82 Å². The fourth-order valence-corrected chi connectivity index (χ4v) is 4.35. The number of morpholine rings is 1. The summed E-state index contributed by atoms with van der Waals surface area (Å²) >= 11 is 1.56. The molecule has 8 nitrogen and oxygen atoms in total. The Kier molecular flexibility index (Phi) is 6.53. The maximum Gasteiger partial charge on any atom is 0.336 e. The van der Waals surface area contributed by atoms with E-state index in [2.05, 4.69) is 20.3 Å². The van der Waals surface area contributed by atoms with Crippen LogP contribution in [0.25, 0.3) is 21.3 Å². The molecule has 30 heavy (non-hydrogen) atoms. The fourth-order valence-electron chi connectivity index (χ4n) is 3.39. The number of nitrogens with one attached hydrogen (secondary N) is 1. The number of benzene rings is 1. The van der Waals surface area contributed by atoms with E-state index in [-0.39, 0.29) is 6.54 Å². The molecular weight excluding hydrogens is 404 g/mol. The Morgan fingerprint density at radius 2 is 2.07 bits per heavy atom. The van der Waals surface area contributed by atoms with E-state index in [1.165, 1.54) is 7.11 Å². The van der Waals surface area contributed by atoms with E-state index >= 15 is 0 Å². The van der Waals surface area contributed by atoms with Crippen LogP contribution < -0.4 is 5.32 Å². The van der Waals surface area contributed by atoms with Crippen LogP contribution in [0.15, 0.2) is 35.7 Å². The van der Waals surface area contributed by atoms with Crippen molar-refractivity contribution >= 4 is 33.3 Å². The molecule has 0 saturated carbocycles. The van der Waals surface area contributed by atoms with E-state index in [1.54, 1.807) is 11.3 Å². The second kappa shape index (κ2) is 9.48. The number of carbonyl (C=O) groups is 1. The predicted molar refractivity (Wildman–Crippen MR) is 115 cm³/mol. The number of hydrogen-bond donors (Lipinski definition) is 2. The average molecular weight is 429 g/mol. The number of fused-ring (bicyclic) bond motifs is 1. The highest BCUT2D eigenvalue weighted by atomic mass is 32.1. The lowest BCUT2D eigenvalue weighted by Crippen LogP contribution is -2.36. The first-order valence-corrected chi connectivity index (χ1v) is 10.7. The Labute approximate surface area is 178 Å². The summed E-state index contributed by atoms with van der Waals surface area (Å²) in [6.45, 7) is 3.70. The highest BCUT2D eigenvalue weighted by Crippen LogP contribution is 2.37. The smallest absolute Gasteiger partial charge is 0.336 e. The van der Waals surface area contributed by atoms with Gasteiger partial charge in [0.15, 0.2) is 6.10 Å². The number of aliphatic hydroxyl groups is 1. The van der Waals surface area contributed by atoms with Crippen LogP contribution in [-0.4, -0.2) is 72.0 Å². The van der Waals surface area contributed by atoms with Gasteiger partial charge < -0.3 is 19.9 Å². The van der Waals surface area contributed by atoms with Gasteiger partial charge in [-0.25, -0.2) is 14.8 Å². The quantitative estimate of drug-likeness (QED) is 0.553. The molecule has 0 spiro atoms. The number of thiophene rings is 1. The minimum atomic E-state index is -1.28. The summed E-state index contributed by atoms with van der Waals surface area (Å²) in [5, 5.41) is 16.1. The molecule has 0 unspecified atom stereocenters. The van der Waals surface area contributed by atoms with Crippen LogP contribution in [0, 0.1) is 0 Å². The van der Waals surface area contributed by atoms with Crippen molar-refractivity contribution < 1.29 is 19.4 Å². The van der Waals surface area contributed by atoms with E-state index in [1.807, 2.05) is 30.3 Å². The number of aromatic nitrogens is 2. The molecule has 1 fully saturated rings. The Bertz CT molecular complexity index is 1000. The van der Waals surface area contributed by atoms with Crippen molar-refractivity contribution in [3.05, 3.63) is 41.5 Å². The largest absolute Gasteiger partial charge is 0.467 e. The first kappa shape index (κ1) is 20.7. The third-order valence-corrected chi connectivity index (χ3v) is 5.84. The Morgan fingerprint density at radius 3 is 2.80 bits per heavy atom. The highest BCUT2D eigenvalue weighted by molar-refractivity contribution is 7.17. The van der Waals surface area contributed by atoms with Crippen molar-refractivity contribution in [1.82, 2.24) is 14.9 Å². The first-order chi connectivity index (χ1) is 14.7. The molecule has 4 rings (SSSR count). The summed E-state index contributed by atoms with van der Waals surface area (Å²) in [5.74, 6) is 0.613.